The van der Waals surface area contributed by atoms with Gasteiger partial charge in [-0.15, -0.1) is 0 Å². The van der Waals surface area contributed by atoms with Gasteiger partial charge in [-0.1, -0.05) is 29.8 Å². The lowest BCUT2D eigenvalue weighted by atomic mass is 10.2. The van der Waals surface area contributed by atoms with Gasteiger partial charge in [0.05, 0.1) is 22.6 Å². The summed E-state index contributed by atoms with van der Waals surface area (Å²) in [5, 5.41) is 15.9. The summed E-state index contributed by atoms with van der Waals surface area (Å²) in [7, 11) is 0. The van der Waals surface area contributed by atoms with Crippen molar-refractivity contribution < 1.29 is 4.79 Å². The van der Waals surface area contributed by atoms with Gasteiger partial charge in [-0.25, -0.2) is 4.79 Å². The van der Waals surface area contributed by atoms with Crippen molar-refractivity contribution in [3.05, 3.63) is 71.0 Å². The molecule has 0 saturated carbocycles. The predicted molar refractivity (Wildman–Crippen MR) is 101 cm³/mol. The Morgan fingerprint density at radius 3 is 2.84 bits per heavy atom. The van der Waals surface area contributed by atoms with Crippen molar-refractivity contribution in [1.82, 2.24) is 10.2 Å². The van der Waals surface area contributed by atoms with Crippen LogP contribution in [-0.2, 0) is 6.54 Å². The van der Waals surface area contributed by atoms with Crippen LogP contribution in [-0.4, -0.2) is 16.2 Å². The van der Waals surface area contributed by atoms with Crippen LogP contribution >= 0.6 is 11.6 Å². The molecule has 0 aliphatic rings. The Labute approximate surface area is 150 Å². The van der Waals surface area contributed by atoms with E-state index in [2.05, 4.69) is 26.1 Å². The van der Waals surface area contributed by atoms with Crippen LogP contribution in [0.3, 0.4) is 0 Å². The topological polar surface area (TPSA) is 81.8 Å². The average molecular weight is 356 g/mol. The first kappa shape index (κ1) is 16.9. The van der Waals surface area contributed by atoms with Crippen molar-refractivity contribution >= 4 is 34.7 Å². The van der Waals surface area contributed by atoms with Crippen molar-refractivity contribution in [2.24, 2.45) is 0 Å². The molecule has 0 radical (unpaired) electrons. The highest BCUT2D eigenvalue weighted by Gasteiger charge is 2.07. The quantitative estimate of drug-likeness (QED) is 0.538. The fraction of sp³-hybridized carbons (Fsp3) is 0.111. The van der Waals surface area contributed by atoms with Crippen LogP contribution in [0.25, 0.3) is 0 Å². The van der Waals surface area contributed by atoms with Crippen LogP contribution < -0.4 is 16.0 Å². The minimum Gasteiger partial charge on any atom is -0.378 e. The molecule has 2 amide bonds. The number of halogens is 1. The van der Waals surface area contributed by atoms with E-state index in [-0.39, 0.29) is 6.03 Å². The number of nitrogens with zero attached hydrogens (tertiary/aromatic N) is 1. The molecule has 25 heavy (non-hydrogen) atoms. The van der Waals surface area contributed by atoms with Crippen molar-refractivity contribution in [3.8, 4) is 0 Å². The molecule has 4 N–H and O–H groups in total. The maximum atomic E-state index is 12.2. The molecule has 0 bridgehead atoms. The van der Waals surface area contributed by atoms with Gasteiger partial charge in [0.1, 0.15) is 0 Å². The Morgan fingerprint density at radius 1 is 1.16 bits per heavy atom. The van der Waals surface area contributed by atoms with Crippen molar-refractivity contribution in [2.75, 3.05) is 16.0 Å². The van der Waals surface area contributed by atoms with Gasteiger partial charge in [0.25, 0.3) is 0 Å². The molecule has 1 heterocycles. The third kappa shape index (κ3) is 4.74. The second-order valence-corrected chi connectivity index (χ2v) is 6.01. The smallest absolute Gasteiger partial charge is 0.323 e. The molecule has 0 unspecified atom stereocenters. The van der Waals surface area contributed by atoms with Crippen LogP contribution in [0, 0.1) is 6.92 Å². The van der Waals surface area contributed by atoms with Gasteiger partial charge in [0.15, 0.2) is 0 Å². The van der Waals surface area contributed by atoms with Gasteiger partial charge in [0, 0.05) is 18.4 Å². The predicted octanol–water partition coefficient (Wildman–Crippen LogP) is 4.63. The number of hydrogen-bond donors (Lipinski definition) is 4. The molecule has 0 spiro atoms. The first-order chi connectivity index (χ1) is 12.1. The number of aryl methyl sites for hydroxylation is 1. The third-order valence-electron chi connectivity index (χ3n) is 3.55. The molecule has 2 aromatic carbocycles. The van der Waals surface area contributed by atoms with Crippen LogP contribution in [0.5, 0.6) is 0 Å². The summed E-state index contributed by atoms with van der Waals surface area (Å²) >= 11 is 6.10. The van der Waals surface area contributed by atoms with E-state index in [4.69, 9.17) is 11.6 Å². The lowest BCUT2D eigenvalue weighted by Crippen LogP contribution is -2.19. The number of hydrogen-bond acceptors (Lipinski definition) is 3. The van der Waals surface area contributed by atoms with Crippen molar-refractivity contribution in [2.45, 2.75) is 13.5 Å². The van der Waals surface area contributed by atoms with Crippen LogP contribution in [0.2, 0.25) is 5.02 Å². The van der Waals surface area contributed by atoms with E-state index in [1.54, 1.807) is 18.5 Å². The van der Waals surface area contributed by atoms with Gasteiger partial charge in [0.2, 0.25) is 0 Å². The number of carbonyl (C=O) groups excluding carboxylic acids is 1. The fourth-order valence-corrected chi connectivity index (χ4v) is 2.50. The molecule has 0 saturated heterocycles. The average Bonchev–Trinajstić information content (AvgIpc) is 3.10. The first-order valence-electron chi connectivity index (χ1n) is 7.76. The summed E-state index contributed by atoms with van der Waals surface area (Å²) in [6, 6.07) is 12.7. The second-order valence-electron chi connectivity index (χ2n) is 5.60. The SMILES string of the molecule is Cc1ccc(Cl)c(NC(=O)Nc2cccc(CNc3cn[nH]c3)c2)c1. The molecular weight excluding hydrogens is 338 g/mol. The highest BCUT2D eigenvalue weighted by atomic mass is 35.5. The number of H-pyrrole nitrogens is 1. The van der Waals surface area contributed by atoms with E-state index in [0.29, 0.717) is 22.9 Å². The molecule has 3 aromatic rings. The van der Waals surface area contributed by atoms with E-state index < -0.39 is 0 Å². The molecule has 0 atom stereocenters. The number of carbonyl (C=O) groups is 1. The number of aromatic nitrogens is 2. The lowest BCUT2D eigenvalue weighted by molar-refractivity contribution is 0.262. The number of rotatable bonds is 5. The van der Waals surface area contributed by atoms with E-state index in [0.717, 1.165) is 16.8 Å². The highest BCUT2D eigenvalue weighted by Crippen LogP contribution is 2.23. The Kier molecular flexibility index (Phi) is 5.20. The third-order valence-corrected chi connectivity index (χ3v) is 3.88. The molecule has 0 aliphatic heterocycles. The number of nitrogens with one attached hydrogen (secondary N) is 4. The normalized spacial score (nSPS) is 10.3. The summed E-state index contributed by atoms with van der Waals surface area (Å²) in [5.41, 5.74) is 4.24. The number of anilines is 3. The molecular formula is C18H18ClN5O. The van der Waals surface area contributed by atoms with Gasteiger partial charge < -0.3 is 16.0 Å². The zero-order valence-electron chi connectivity index (χ0n) is 13.6. The molecule has 3 rings (SSSR count). The summed E-state index contributed by atoms with van der Waals surface area (Å²) in [4.78, 5) is 12.2. The van der Waals surface area contributed by atoms with Gasteiger partial charge in [-0.05, 0) is 42.3 Å². The molecule has 128 valence electrons. The summed E-state index contributed by atoms with van der Waals surface area (Å²) < 4.78 is 0. The zero-order chi connectivity index (χ0) is 17.6. The minimum atomic E-state index is -0.340. The molecule has 1 aromatic heterocycles. The Hall–Kier alpha value is -2.99. The summed E-state index contributed by atoms with van der Waals surface area (Å²) in [5.74, 6) is 0. The highest BCUT2D eigenvalue weighted by molar-refractivity contribution is 6.33. The molecule has 0 aliphatic carbocycles. The van der Waals surface area contributed by atoms with Gasteiger partial charge in [-0.2, -0.15) is 5.10 Å². The van der Waals surface area contributed by atoms with Crippen LogP contribution in [0.15, 0.2) is 54.9 Å². The standard InChI is InChI=1S/C18H18ClN5O/c1-12-5-6-16(19)17(7-12)24-18(25)23-14-4-2-3-13(8-14)9-20-15-10-21-22-11-15/h2-8,10-11,20H,9H2,1H3,(H,21,22)(H2,23,24,25). The first-order valence-corrected chi connectivity index (χ1v) is 8.14. The largest absolute Gasteiger partial charge is 0.378 e. The van der Waals surface area contributed by atoms with E-state index in [1.807, 2.05) is 43.3 Å². The zero-order valence-corrected chi connectivity index (χ0v) is 14.4. The maximum Gasteiger partial charge on any atom is 0.323 e. The number of urea groups is 1. The molecule has 0 fully saturated rings. The van der Waals surface area contributed by atoms with Gasteiger partial charge in [-0.3, -0.25) is 5.10 Å². The second kappa shape index (κ2) is 7.72. The Balaban J connectivity index is 1.61. The van der Waals surface area contributed by atoms with E-state index in [9.17, 15) is 4.79 Å². The van der Waals surface area contributed by atoms with Crippen molar-refractivity contribution in [1.29, 1.82) is 0 Å². The Morgan fingerprint density at radius 2 is 2.04 bits per heavy atom. The summed E-state index contributed by atoms with van der Waals surface area (Å²) in [6.45, 7) is 2.57. The van der Waals surface area contributed by atoms with E-state index >= 15 is 0 Å². The van der Waals surface area contributed by atoms with Crippen molar-refractivity contribution in [3.63, 3.8) is 0 Å². The van der Waals surface area contributed by atoms with Crippen LogP contribution in [0.4, 0.5) is 21.9 Å². The summed E-state index contributed by atoms with van der Waals surface area (Å²) in [6.07, 6.45) is 3.49. The fourth-order valence-electron chi connectivity index (χ4n) is 2.33. The number of aromatic amines is 1. The van der Waals surface area contributed by atoms with Crippen LogP contribution in [0.1, 0.15) is 11.1 Å². The molecule has 7 heteroatoms. The number of benzene rings is 2. The lowest BCUT2D eigenvalue weighted by Gasteiger charge is -2.11. The van der Waals surface area contributed by atoms with E-state index in [1.165, 1.54) is 0 Å². The minimum absolute atomic E-state index is 0.340. The monoisotopic (exact) mass is 355 g/mol. The molecule has 6 nitrogen and oxygen atoms in total. The van der Waals surface area contributed by atoms with Gasteiger partial charge >= 0.3 is 6.03 Å². The Bertz CT molecular complexity index is 864. The maximum absolute atomic E-state index is 12.2. The number of amides is 2.